The molecule has 0 atom stereocenters. The molecule has 0 aliphatic rings. The first-order valence-corrected chi connectivity index (χ1v) is 40.6. The summed E-state index contributed by atoms with van der Waals surface area (Å²) >= 11 is 28.8. The molecular weight excluding hydrogens is 1560 g/mol. The van der Waals surface area contributed by atoms with Gasteiger partial charge in [-0.1, -0.05) is 366 Å². The first kappa shape index (κ1) is 98.9. The Balaban J connectivity index is 0.000000601. The largest absolute Gasteiger partial charge is 0.416 e. The van der Waals surface area contributed by atoms with Crippen LogP contribution in [0.2, 0.25) is 15.1 Å². The smallest absolute Gasteiger partial charge is 0.166 e. The lowest BCUT2D eigenvalue weighted by atomic mass is 9.77. The highest BCUT2D eigenvalue weighted by atomic mass is 79.9. The first-order chi connectivity index (χ1) is 47.2. The molecule has 0 aromatic heterocycles. The first-order valence-electron chi connectivity index (χ1n) is 37.1. The van der Waals surface area contributed by atoms with Crippen LogP contribution in [0.15, 0.2) is 147 Å². The molecule has 0 aliphatic heterocycles. The zero-order valence-electron chi connectivity index (χ0n) is 71.8. The van der Waals surface area contributed by atoms with Crippen LogP contribution in [0.1, 0.15) is 317 Å². The lowest BCUT2D eigenvalue weighted by molar-refractivity contribution is -0.137. The minimum absolute atomic E-state index is 0.0752. The summed E-state index contributed by atoms with van der Waals surface area (Å²) in [4.78, 5) is 0. The van der Waals surface area contributed by atoms with Crippen molar-refractivity contribution in [2.45, 2.75) is 318 Å². The van der Waals surface area contributed by atoms with Gasteiger partial charge in [0.15, 0.2) is 0 Å². The molecular formula is C96H135Br3Cl3F3. The van der Waals surface area contributed by atoms with Crippen LogP contribution in [0, 0.1) is 62.3 Å². The Bertz CT molecular complexity index is 3770. The lowest BCUT2D eigenvalue weighted by Crippen LogP contribution is -2.17. The second-order valence-corrected chi connectivity index (χ2v) is 41.3. The van der Waals surface area contributed by atoms with Crippen LogP contribution in [0.5, 0.6) is 0 Å². The van der Waals surface area contributed by atoms with Crippen LogP contribution in [0.25, 0.3) is 0 Å². The standard InChI is InChI=1S/C15H24.C14H21Br.C12H15F3.C11H14Br2.C11H14Cl2.C11H15Cl.2C11H16/c1-10(2)13-9-11(3)8-12(4)14(13)15(5,6)7;1-9(2)12-8-11(15)7-10(3)13(12)14(4,5)6;1-8-5-9(11(2,3)4)7-10(6-8)12(13,14)15;2*1-7-5-8(12)6-9(13)10(7)11(2,3)4;1-8-6-5-7-9(12)10(8)11(2,3)4;2*1-9-7-5-6-8-10(9)11(2,3)4/h8-10H,1-7H3;7-9H,1-6H3;5-7H,1-4H3;2*5-6H,1-4H3;5-7H,1-4H3;2*5-8H,1-4H3. The van der Waals surface area contributed by atoms with Gasteiger partial charge in [-0.05, 0) is 267 Å². The summed E-state index contributed by atoms with van der Waals surface area (Å²) in [6.45, 7) is 80.7. The van der Waals surface area contributed by atoms with Crippen LogP contribution in [0.3, 0.4) is 0 Å². The molecule has 0 N–H and O–H groups in total. The van der Waals surface area contributed by atoms with E-state index in [0.717, 1.165) is 25.6 Å². The van der Waals surface area contributed by atoms with Crippen molar-refractivity contribution in [2.75, 3.05) is 0 Å². The normalized spacial score (nSPS) is 12.1. The number of halogens is 9. The topological polar surface area (TPSA) is 0 Å². The highest BCUT2D eigenvalue weighted by Crippen LogP contribution is 2.40. The maximum atomic E-state index is 12.5. The Morgan fingerprint density at radius 3 is 0.943 bits per heavy atom. The van der Waals surface area contributed by atoms with Gasteiger partial charge in [-0.15, -0.1) is 0 Å². The Morgan fingerprint density at radius 1 is 0.286 bits per heavy atom. The second kappa shape index (κ2) is 40.2. The molecule has 0 nitrogen and oxygen atoms in total. The van der Waals surface area contributed by atoms with E-state index in [9.17, 15) is 13.2 Å². The third-order valence-electron chi connectivity index (χ3n) is 17.7. The molecule has 0 radical (unpaired) electrons. The molecule has 9 heteroatoms. The molecule has 8 aromatic rings. The lowest BCUT2D eigenvalue weighted by Gasteiger charge is -2.27. The van der Waals surface area contributed by atoms with Gasteiger partial charge in [-0.25, -0.2) is 0 Å². The summed E-state index contributed by atoms with van der Waals surface area (Å²) in [6.07, 6.45) is -4.26. The minimum Gasteiger partial charge on any atom is -0.166 e. The molecule has 0 saturated carbocycles. The van der Waals surface area contributed by atoms with Gasteiger partial charge < -0.3 is 0 Å². The van der Waals surface area contributed by atoms with Crippen molar-refractivity contribution in [1.29, 1.82) is 0 Å². The predicted octanol–water partition coefficient (Wildman–Crippen LogP) is 34.2. The molecule has 0 amide bonds. The second-order valence-electron chi connectivity index (χ2n) is 37.3. The van der Waals surface area contributed by atoms with Crippen LogP contribution in [-0.2, 0) is 49.5 Å². The van der Waals surface area contributed by atoms with Crippen LogP contribution < -0.4 is 0 Å². The summed E-state index contributed by atoms with van der Waals surface area (Å²) in [5.74, 6) is 1.19. The van der Waals surface area contributed by atoms with E-state index < -0.39 is 11.7 Å². The van der Waals surface area contributed by atoms with Crippen LogP contribution in [-0.4, -0.2) is 0 Å². The van der Waals surface area contributed by atoms with Gasteiger partial charge >= 0.3 is 6.18 Å². The molecule has 582 valence electrons. The Labute approximate surface area is 680 Å². The third-order valence-corrected chi connectivity index (χ3v) is 20.1. The molecule has 8 aromatic carbocycles. The summed E-state index contributed by atoms with van der Waals surface area (Å²) in [6, 6.07) is 44.5. The Morgan fingerprint density at radius 2 is 0.619 bits per heavy atom. The van der Waals surface area contributed by atoms with Gasteiger partial charge in [-0.2, -0.15) is 13.2 Å². The Hall–Kier alpha value is -4.14. The number of hydrogen-bond donors (Lipinski definition) is 0. The monoisotopic (exact) mass is 1690 g/mol. The average molecular weight is 1690 g/mol. The van der Waals surface area contributed by atoms with Crippen molar-refractivity contribution >= 4 is 82.6 Å². The maximum Gasteiger partial charge on any atom is 0.416 e. The van der Waals surface area contributed by atoms with Crippen molar-refractivity contribution in [3.05, 3.63) is 273 Å². The average Bonchev–Trinajstić information content (AvgIpc) is 0.807. The molecule has 0 fully saturated rings. The van der Waals surface area contributed by atoms with Crippen molar-refractivity contribution in [2.24, 2.45) is 0 Å². The molecule has 0 heterocycles. The molecule has 8 rings (SSSR count). The molecule has 0 spiro atoms. The third kappa shape index (κ3) is 33.1. The molecule has 0 unspecified atom stereocenters. The van der Waals surface area contributed by atoms with Crippen LogP contribution in [0.4, 0.5) is 13.2 Å². The van der Waals surface area contributed by atoms with E-state index in [0.29, 0.717) is 22.4 Å². The van der Waals surface area contributed by atoms with E-state index in [1.807, 2.05) is 45.9 Å². The fraction of sp³-hybridized carbons (Fsp3) is 0.500. The van der Waals surface area contributed by atoms with Crippen molar-refractivity contribution in [1.82, 2.24) is 0 Å². The fourth-order valence-corrected chi connectivity index (χ4v) is 17.8. The van der Waals surface area contributed by atoms with E-state index in [-0.39, 0.29) is 43.3 Å². The van der Waals surface area contributed by atoms with Crippen molar-refractivity contribution in [3.8, 4) is 0 Å². The molecule has 0 aliphatic carbocycles. The quantitative estimate of drug-likeness (QED) is 0.162. The van der Waals surface area contributed by atoms with E-state index in [4.69, 9.17) is 34.8 Å². The molecule has 0 saturated heterocycles. The molecule has 105 heavy (non-hydrogen) atoms. The van der Waals surface area contributed by atoms with Gasteiger partial charge in [0.05, 0.1) is 5.56 Å². The molecule has 0 bridgehead atoms. The van der Waals surface area contributed by atoms with E-state index in [1.54, 1.807) is 19.1 Å². The minimum atomic E-state index is -4.26. The maximum absolute atomic E-state index is 12.5. The van der Waals surface area contributed by atoms with Gasteiger partial charge in [0, 0.05) is 28.5 Å². The zero-order valence-corrected chi connectivity index (χ0v) is 78.8. The van der Waals surface area contributed by atoms with Gasteiger partial charge in [0.1, 0.15) is 0 Å². The Kier molecular flexibility index (Phi) is 37.8. The van der Waals surface area contributed by atoms with Crippen LogP contribution >= 0.6 is 82.6 Å². The van der Waals surface area contributed by atoms with Gasteiger partial charge in [0.25, 0.3) is 0 Å². The summed E-state index contributed by atoms with van der Waals surface area (Å²) in [5.41, 5.74) is 25.5. The number of aryl methyl sites for hydroxylation is 9. The van der Waals surface area contributed by atoms with Crippen molar-refractivity contribution < 1.29 is 13.2 Å². The number of alkyl halides is 3. The fourth-order valence-electron chi connectivity index (χ4n) is 13.8. The van der Waals surface area contributed by atoms with Gasteiger partial charge in [-0.3, -0.25) is 0 Å². The summed E-state index contributed by atoms with van der Waals surface area (Å²) in [5, 5.41) is 2.34. The predicted molar refractivity (Wildman–Crippen MR) is 475 cm³/mol. The zero-order chi connectivity index (χ0) is 82.2. The summed E-state index contributed by atoms with van der Waals surface area (Å²) in [7, 11) is 0. The van der Waals surface area contributed by atoms with Crippen molar-refractivity contribution in [3.63, 3.8) is 0 Å². The number of rotatable bonds is 2. The number of benzene rings is 8. The van der Waals surface area contributed by atoms with E-state index in [1.165, 1.54) is 110 Å². The van der Waals surface area contributed by atoms with E-state index in [2.05, 4.69) is 360 Å². The summed E-state index contributed by atoms with van der Waals surface area (Å²) < 4.78 is 41.1. The highest BCUT2D eigenvalue weighted by Gasteiger charge is 2.32. The van der Waals surface area contributed by atoms with Gasteiger partial charge in [0.2, 0.25) is 0 Å². The highest BCUT2D eigenvalue weighted by molar-refractivity contribution is 9.11. The van der Waals surface area contributed by atoms with E-state index >= 15 is 0 Å². The SMILES string of the molecule is Cc1cc(Br)cc(Br)c1C(C)(C)C.Cc1cc(Br)cc(C(C)C)c1C(C)(C)C.Cc1cc(C(C)(C)C)cc(C(F)(F)F)c1.Cc1cc(C)c(C(C)(C)C)c(C(C)C)c1.Cc1cc(Cl)cc(Cl)c1C(C)(C)C.Cc1cccc(Cl)c1C(C)(C)C.Cc1ccccc1C(C)(C)C.Cc1ccccc1C(C)(C)C. The number of hydrogen-bond acceptors (Lipinski definition) is 0.